The highest BCUT2D eigenvalue weighted by atomic mass is 16.5. The van der Waals surface area contributed by atoms with Crippen LogP contribution in [0.4, 0.5) is 0 Å². The van der Waals surface area contributed by atoms with Gasteiger partial charge in [0, 0.05) is 18.3 Å². The van der Waals surface area contributed by atoms with Crippen molar-refractivity contribution < 1.29 is 4.74 Å². The van der Waals surface area contributed by atoms with Gasteiger partial charge in [-0.05, 0) is 38.8 Å². The van der Waals surface area contributed by atoms with E-state index in [4.69, 9.17) is 10.5 Å². The normalized spacial score (nSPS) is 13.4. The van der Waals surface area contributed by atoms with E-state index in [-0.39, 0.29) is 11.6 Å². The first-order valence-corrected chi connectivity index (χ1v) is 6.48. The fourth-order valence-corrected chi connectivity index (χ4v) is 1.44. The van der Waals surface area contributed by atoms with Gasteiger partial charge in [0.05, 0.1) is 12.2 Å². The number of rotatable bonds is 6. The minimum absolute atomic E-state index is 0.0190. The monoisotopic (exact) mass is 251 g/mol. The third kappa shape index (κ3) is 5.98. The fourth-order valence-electron chi connectivity index (χ4n) is 1.44. The molecule has 1 rings (SSSR count). The largest absolute Gasteiger partial charge is 0.490 e. The minimum Gasteiger partial charge on any atom is -0.490 e. The van der Waals surface area contributed by atoms with Crippen LogP contribution in [0.15, 0.2) is 18.5 Å². The molecule has 0 unspecified atom stereocenters. The zero-order valence-electron chi connectivity index (χ0n) is 11.9. The molecule has 1 aromatic rings. The third-order valence-corrected chi connectivity index (χ3v) is 2.54. The molecule has 0 aliphatic heterocycles. The molecule has 4 heteroatoms. The Hall–Kier alpha value is -1.13. The van der Waals surface area contributed by atoms with Crippen LogP contribution in [0.5, 0.6) is 5.75 Å². The summed E-state index contributed by atoms with van der Waals surface area (Å²) in [5.41, 5.74) is 7.25. The Morgan fingerprint density at radius 1 is 1.39 bits per heavy atom. The van der Waals surface area contributed by atoms with Crippen molar-refractivity contribution in [1.29, 1.82) is 0 Å². The number of aromatic nitrogens is 1. The number of nitrogens with one attached hydrogen (secondary N) is 1. The quantitative estimate of drug-likeness (QED) is 0.808. The summed E-state index contributed by atoms with van der Waals surface area (Å²) in [6, 6.07) is 1.99. The lowest BCUT2D eigenvalue weighted by Gasteiger charge is -2.23. The molecular weight excluding hydrogens is 226 g/mol. The van der Waals surface area contributed by atoms with Crippen LogP contribution in [0, 0.1) is 0 Å². The van der Waals surface area contributed by atoms with Crippen LogP contribution >= 0.6 is 0 Å². The van der Waals surface area contributed by atoms with E-state index < -0.39 is 0 Å². The number of nitrogens with zero attached hydrogens (tertiary/aromatic N) is 1. The van der Waals surface area contributed by atoms with Crippen molar-refractivity contribution in [3.63, 3.8) is 0 Å². The van der Waals surface area contributed by atoms with Crippen molar-refractivity contribution in [3.8, 4) is 5.75 Å². The molecule has 3 N–H and O–H groups in total. The number of aryl methyl sites for hydroxylation is 1. The molecule has 102 valence electrons. The molecule has 0 aliphatic carbocycles. The van der Waals surface area contributed by atoms with Gasteiger partial charge in [0.1, 0.15) is 12.4 Å². The second-order valence-electron chi connectivity index (χ2n) is 5.58. The number of nitrogens with two attached hydrogens (primary N) is 1. The first kappa shape index (κ1) is 14.9. The summed E-state index contributed by atoms with van der Waals surface area (Å²) >= 11 is 0. The van der Waals surface area contributed by atoms with Crippen molar-refractivity contribution in [2.75, 3.05) is 13.2 Å². The Balaban J connectivity index is 2.35. The van der Waals surface area contributed by atoms with E-state index in [1.165, 1.54) is 5.56 Å². The summed E-state index contributed by atoms with van der Waals surface area (Å²) in [4.78, 5) is 4.14. The predicted molar refractivity (Wildman–Crippen MR) is 74.8 cm³/mol. The number of ether oxygens (including phenoxy) is 1. The number of hydrogen-bond acceptors (Lipinski definition) is 4. The van der Waals surface area contributed by atoms with E-state index in [0.29, 0.717) is 6.61 Å². The van der Waals surface area contributed by atoms with Gasteiger partial charge in [-0.1, -0.05) is 6.92 Å². The highest BCUT2D eigenvalue weighted by Crippen LogP contribution is 2.11. The van der Waals surface area contributed by atoms with E-state index in [9.17, 15) is 0 Å². The van der Waals surface area contributed by atoms with Crippen LogP contribution in [0.25, 0.3) is 0 Å². The standard InChI is InChI=1S/C14H25N3O/c1-5-11-6-13(9-16-7-11)18-10-12(15)8-17-14(2,3)4/h6-7,9,12,17H,5,8,10,15H2,1-4H3/t12-/m0/s1. The van der Waals surface area contributed by atoms with Crippen LogP contribution in [0.2, 0.25) is 0 Å². The zero-order chi connectivity index (χ0) is 13.6. The topological polar surface area (TPSA) is 60.2 Å². The maximum atomic E-state index is 5.99. The maximum absolute atomic E-state index is 5.99. The Morgan fingerprint density at radius 2 is 2.11 bits per heavy atom. The summed E-state index contributed by atoms with van der Waals surface area (Å²) in [6.45, 7) is 9.70. The van der Waals surface area contributed by atoms with Crippen molar-refractivity contribution in [2.24, 2.45) is 5.73 Å². The second-order valence-corrected chi connectivity index (χ2v) is 5.58. The first-order valence-electron chi connectivity index (χ1n) is 6.48. The van der Waals surface area contributed by atoms with Crippen LogP contribution < -0.4 is 15.8 Å². The average Bonchev–Trinajstić information content (AvgIpc) is 2.33. The molecule has 1 heterocycles. The molecular formula is C14H25N3O. The van der Waals surface area contributed by atoms with Gasteiger partial charge >= 0.3 is 0 Å². The van der Waals surface area contributed by atoms with Crippen molar-refractivity contribution in [1.82, 2.24) is 10.3 Å². The van der Waals surface area contributed by atoms with Gasteiger partial charge in [-0.2, -0.15) is 0 Å². The molecule has 0 aromatic carbocycles. The Morgan fingerprint density at radius 3 is 2.72 bits per heavy atom. The number of pyridine rings is 1. The zero-order valence-corrected chi connectivity index (χ0v) is 11.9. The third-order valence-electron chi connectivity index (χ3n) is 2.54. The van der Waals surface area contributed by atoms with Gasteiger partial charge in [-0.3, -0.25) is 4.98 Å². The highest BCUT2D eigenvalue weighted by Gasteiger charge is 2.11. The van der Waals surface area contributed by atoms with Gasteiger partial charge in [-0.25, -0.2) is 0 Å². The molecule has 1 aromatic heterocycles. The minimum atomic E-state index is -0.0190. The van der Waals surface area contributed by atoms with Gasteiger partial charge in [0.2, 0.25) is 0 Å². The van der Waals surface area contributed by atoms with Crippen LogP contribution in [0.1, 0.15) is 33.3 Å². The fraction of sp³-hybridized carbons (Fsp3) is 0.643. The van der Waals surface area contributed by atoms with Gasteiger partial charge in [0.15, 0.2) is 0 Å². The van der Waals surface area contributed by atoms with Crippen molar-refractivity contribution in [3.05, 3.63) is 24.0 Å². The highest BCUT2D eigenvalue weighted by molar-refractivity contribution is 5.23. The molecule has 4 nitrogen and oxygen atoms in total. The Bertz CT molecular complexity index is 360. The van der Waals surface area contributed by atoms with Crippen LogP contribution in [-0.4, -0.2) is 29.7 Å². The lowest BCUT2D eigenvalue weighted by atomic mass is 10.1. The van der Waals surface area contributed by atoms with Crippen molar-refractivity contribution >= 4 is 0 Å². The molecule has 0 radical (unpaired) electrons. The van der Waals surface area contributed by atoms with E-state index in [1.54, 1.807) is 6.20 Å². The maximum Gasteiger partial charge on any atom is 0.137 e. The molecule has 0 spiro atoms. The molecule has 0 aliphatic rings. The smallest absolute Gasteiger partial charge is 0.137 e. The van der Waals surface area contributed by atoms with E-state index >= 15 is 0 Å². The Labute approximate surface area is 110 Å². The van der Waals surface area contributed by atoms with Crippen LogP contribution in [0.3, 0.4) is 0 Å². The lowest BCUT2D eigenvalue weighted by Crippen LogP contribution is -2.46. The second kappa shape index (κ2) is 6.71. The van der Waals surface area contributed by atoms with Crippen LogP contribution in [-0.2, 0) is 6.42 Å². The molecule has 0 saturated heterocycles. The van der Waals surface area contributed by atoms with E-state index in [1.807, 2.05) is 12.3 Å². The summed E-state index contributed by atoms with van der Waals surface area (Å²) in [6.07, 6.45) is 4.54. The predicted octanol–water partition coefficient (Wildman–Crippen LogP) is 1.74. The molecule has 0 saturated carbocycles. The molecule has 0 amide bonds. The summed E-state index contributed by atoms with van der Waals surface area (Å²) < 4.78 is 5.65. The summed E-state index contributed by atoms with van der Waals surface area (Å²) in [5, 5.41) is 3.36. The van der Waals surface area contributed by atoms with E-state index in [2.05, 4.69) is 38.0 Å². The van der Waals surface area contributed by atoms with Gasteiger partial charge in [-0.15, -0.1) is 0 Å². The van der Waals surface area contributed by atoms with Crippen molar-refractivity contribution in [2.45, 2.75) is 45.7 Å². The molecule has 1 atom stereocenters. The molecule has 0 fully saturated rings. The molecule has 0 bridgehead atoms. The molecule has 18 heavy (non-hydrogen) atoms. The number of hydrogen-bond donors (Lipinski definition) is 2. The first-order chi connectivity index (χ1) is 8.40. The summed E-state index contributed by atoms with van der Waals surface area (Å²) in [7, 11) is 0. The lowest BCUT2D eigenvalue weighted by molar-refractivity contribution is 0.272. The van der Waals surface area contributed by atoms with Gasteiger partial charge < -0.3 is 15.8 Å². The average molecular weight is 251 g/mol. The Kier molecular flexibility index (Phi) is 5.56. The summed E-state index contributed by atoms with van der Waals surface area (Å²) in [5.74, 6) is 0.792. The SMILES string of the molecule is CCc1cncc(OC[C@@H](N)CNC(C)(C)C)c1. The van der Waals surface area contributed by atoms with E-state index in [0.717, 1.165) is 18.7 Å². The van der Waals surface area contributed by atoms with Gasteiger partial charge in [0.25, 0.3) is 0 Å².